The number of carbonyl (C=O) groups excluding carboxylic acids is 2. The number of carbonyl (C=O) groups is 2. The molecule has 1 heterocycles. The number of methoxy groups -OCH3 is 1. The summed E-state index contributed by atoms with van der Waals surface area (Å²) in [5.41, 5.74) is 7.88. The Morgan fingerprint density at radius 3 is 2.30 bits per heavy atom. The number of piperidine rings is 1. The normalized spacial score (nSPS) is 16.0. The van der Waals surface area contributed by atoms with E-state index in [4.69, 9.17) is 10.5 Å². The Kier molecular flexibility index (Phi) is 6.24. The molecule has 0 spiro atoms. The van der Waals surface area contributed by atoms with E-state index in [1.165, 1.54) is 0 Å². The summed E-state index contributed by atoms with van der Waals surface area (Å²) in [6.45, 7) is 1.15. The molecular formula is C22H26N2O3. The third-order valence-corrected chi connectivity index (χ3v) is 5.17. The Labute approximate surface area is 160 Å². The molecular weight excluding hydrogens is 340 g/mol. The Morgan fingerprint density at radius 1 is 1.07 bits per heavy atom. The highest BCUT2D eigenvalue weighted by atomic mass is 16.5. The van der Waals surface area contributed by atoms with Crippen LogP contribution in [0.5, 0.6) is 5.75 Å². The van der Waals surface area contributed by atoms with Gasteiger partial charge >= 0.3 is 0 Å². The molecule has 1 unspecified atom stereocenters. The summed E-state index contributed by atoms with van der Waals surface area (Å²) in [6, 6.07) is 16.5. The number of hydrogen-bond acceptors (Lipinski definition) is 4. The highest BCUT2D eigenvalue weighted by Crippen LogP contribution is 2.23. The molecule has 1 atom stereocenters. The minimum atomic E-state index is -0.541. The van der Waals surface area contributed by atoms with Gasteiger partial charge in [0.25, 0.3) is 0 Å². The summed E-state index contributed by atoms with van der Waals surface area (Å²) < 4.78 is 5.13. The molecule has 1 fully saturated rings. The van der Waals surface area contributed by atoms with E-state index in [0.717, 1.165) is 11.3 Å². The van der Waals surface area contributed by atoms with Crippen LogP contribution in [0.15, 0.2) is 54.6 Å². The van der Waals surface area contributed by atoms with Crippen LogP contribution in [-0.2, 0) is 11.2 Å². The number of ether oxygens (including phenoxy) is 1. The molecule has 1 saturated heterocycles. The maximum Gasteiger partial charge on any atom is 0.239 e. The van der Waals surface area contributed by atoms with Crippen molar-refractivity contribution in [2.45, 2.75) is 25.3 Å². The van der Waals surface area contributed by atoms with E-state index < -0.39 is 6.04 Å². The average molecular weight is 366 g/mol. The first kappa shape index (κ1) is 19.1. The Hall–Kier alpha value is -2.66. The molecule has 2 N–H and O–H groups in total. The van der Waals surface area contributed by atoms with Crippen LogP contribution in [0.3, 0.4) is 0 Å². The van der Waals surface area contributed by atoms with Crippen molar-refractivity contribution in [3.8, 4) is 5.75 Å². The van der Waals surface area contributed by atoms with Crippen LogP contribution < -0.4 is 10.5 Å². The smallest absolute Gasteiger partial charge is 0.239 e. The fourth-order valence-corrected chi connectivity index (χ4v) is 3.54. The van der Waals surface area contributed by atoms with E-state index in [-0.39, 0.29) is 17.6 Å². The molecule has 0 aliphatic carbocycles. The maximum absolute atomic E-state index is 12.7. The first-order valence-corrected chi connectivity index (χ1v) is 9.35. The predicted octanol–water partition coefficient (Wildman–Crippen LogP) is 2.69. The van der Waals surface area contributed by atoms with Gasteiger partial charge in [-0.15, -0.1) is 0 Å². The third kappa shape index (κ3) is 4.74. The highest BCUT2D eigenvalue weighted by molar-refractivity contribution is 5.98. The quantitative estimate of drug-likeness (QED) is 0.798. The minimum absolute atomic E-state index is 0.0331. The van der Waals surface area contributed by atoms with Crippen molar-refractivity contribution in [3.05, 3.63) is 65.7 Å². The largest absolute Gasteiger partial charge is 0.497 e. The predicted molar refractivity (Wildman–Crippen MR) is 105 cm³/mol. The molecule has 142 valence electrons. The number of benzene rings is 2. The van der Waals surface area contributed by atoms with Crippen LogP contribution in [0.25, 0.3) is 0 Å². The molecule has 5 nitrogen and oxygen atoms in total. The molecule has 1 aliphatic heterocycles. The van der Waals surface area contributed by atoms with Crippen LogP contribution in [0.2, 0.25) is 0 Å². The van der Waals surface area contributed by atoms with E-state index >= 15 is 0 Å². The molecule has 3 rings (SSSR count). The number of nitrogens with two attached hydrogens (primary N) is 1. The number of likely N-dealkylation sites (tertiary alicyclic amines) is 1. The number of amides is 1. The van der Waals surface area contributed by atoms with Gasteiger partial charge in [0, 0.05) is 24.6 Å². The van der Waals surface area contributed by atoms with Crippen LogP contribution >= 0.6 is 0 Å². The highest BCUT2D eigenvalue weighted by Gasteiger charge is 2.30. The van der Waals surface area contributed by atoms with Gasteiger partial charge in [-0.05, 0) is 49.1 Å². The first-order valence-electron chi connectivity index (χ1n) is 9.35. The van der Waals surface area contributed by atoms with Crippen molar-refractivity contribution in [2.24, 2.45) is 11.7 Å². The van der Waals surface area contributed by atoms with Crippen LogP contribution in [-0.4, -0.2) is 42.8 Å². The van der Waals surface area contributed by atoms with Crippen molar-refractivity contribution in [1.82, 2.24) is 4.90 Å². The van der Waals surface area contributed by atoms with Crippen LogP contribution in [0.1, 0.15) is 28.8 Å². The molecule has 0 bridgehead atoms. The molecule has 5 heteroatoms. The van der Waals surface area contributed by atoms with E-state index in [1.807, 2.05) is 30.3 Å². The van der Waals surface area contributed by atoms with E-state index in [1.54, 1.807) is 36.3 Å². The summed E-state index contributed by atoms with van der Waals surface area (Å²) in [5, 5.41) is 0. The van der Waals surface area contributed by atoms with Gasteiger partial charge < -0.3 is 15.4 Å². The maximum atomic E-state index is 12.7. The number of hydrogen-bond donors (Lipinski definition) is 1. The first-order chi connectivity index (χ1) is 13.1. The van der Waals surface area contributed by atoms with Gasteiger partial charge in [0.05, 0.1) is 13.2 Å². The number of rotatable bonds is 6. The zero-order valence-electron chi connectivity index (χ0n) is 15.6. The second-order valence-corrected chi connectivity index (χ2v) is 6.99. The zero-order valence-corrected chi connectivity index (χ0v) is 15.6. The van der Waals surface area contributed by atoms with Gasteiger partial charge in [0.1, 0.15) is 5.75 Å². The Morgan fingerprint density at radius 2 is 1.70 bits per heavy atom. The summed E-state index contributed by atoms with van der Waals surface area (Å²) in [5.74, 6) is 0.791. The summed E-state index contributed by atoms with van der Waals surface area (Å²) in [6.07, 6.45) is 1.88. The average Bonchev–Trinajstić information content (AvgIpc) is 2.73. The van der Waals surface area contributed by atoms with E-state index in [2.05, 4.69) is 0 Å². The van der Waals surface area contributed by atoms with Crippen LogP contribution in [0, 0.1) is 5.92 Å². The van der Waals surface area contributed by atoms with Crippen molar-refractivity contribution < 1.29 is 14.3 Å². The Balaban J connectivity index is 1.53. The lowest BCUT2D eigenvalue weighted by molar-refractivity contribution is -0.133. The lowest BCUT2D eigenvalue weighted by atomic mass is 9.88. The number of ketones is 1. The summed E-state index contributed by atoms with van der Waals surface area (Å²) in [4.78, 5) is 27.1. The third-order valence-electron chi connectivity index (χ3n) is 5.17. The molecule has 0 saturated carbocycles. The van der Waals surface area contributed by atoms with Gasteiger partial charge in [-0.3, -0.25) is 9.59 Å². The monoisotopic (exact) mass is 366 g/mol. The van der Waals surface area contributed by atoms with Crippen molar-refractivity contribution >= 4 is 11.7 Å². The molecule has 2 aromatic carbocycles. The van der Waals surface area contributed by atoms with Gasteiger partial charge in [0.2, 0.25) is 5.91 Å². The van der Waals surface area contributed by atoms with E-state index in [0.29, 0.717) is 37.9 Å². The molecule has 1 aliphatic rings. The molecule has 1 amide bonds. The number of nitrogens with zero attached hydrogens (tertiary/aromatic N) is 1. The number of Topliss-reactive ketones (excluding diaryl/α,β-unsaturated/α-hetero) is 1. The standard InChI is InChI=1S/C22H26N2O3/c1-27-19-9-7-17(8-10-19)21(25)18-11-13-24(14-12-18)22(26)20(23)15-16-5-3-2-4-6-16/h2-10,18,20H,11-15,23H2,1H3. The molecule has 0 radical (unpaired) electrons. The van der Waals surface area contributed by atoms with Gasteiger partial charge in [-0.25, -0.2) is 0 Å². The van der Waals surface area contributed by atoms with Gasteiger partial charge in [0.15, 0.2) is 5.78 Å². The molecule has 0 aromatic heterocycles. The lowest BCUT2D eigenvalue weighted by Crippen LogP contribution is -2.48. The molecule has 2 aromatic rings. The van der Waals surface area contributed by atoms with E-state index in [9.17, 15) is 9.59 Å². The van der Waals surface area contributed by atoms with Gasteiger partial charge in [-0.2, -0.15) is 0 Å². The summed E-state index contributed by atoms with van der Waals surface area (Å²) in [7, 11) is 1.60. The second kappa shape index (κ2) is 8.82. The second-order valence-electron chi connectivity index (χ2n) is 6.99. The fourth-order valence-electron chi connectivity index (χ4n) is 3.54. The molecule has 27 heavy (non-hydrogen) atoms. The van der Waals surface area contributed by atoms with Crippen LogP contribution in [0.4, 0.5) is 0 Å². The summed E-state index contributed by atoms with van der Waals surface area (Å²) >= 11 is 0. The zero-order chi connectivity index (χ0) is 19.2. The van der Waals surface area contributed by atoms with Crippen molar-refractivity contribution in [2.75, 3.05) is 20.2 Å². The fraction of sp³-hybridized carbons (Fsp3) is 0.364. The van der Waals surface area contributed by atoms with Crippen molar-refractivity contribution in [1.29, 1.82) is 0 Å². The Bertz CT molecular complexity index is 766. The topological polar surface area (TPSA) is 72.6 Å². The van der Waals surface area contributed by atoms with Crippen molar-refractivity contribution in [3.63, 3.8) is 0 Å². The lowest BCUT2D eigenvalue weighted by Gasteiger charge is -2.33. The SMILES string of the molecule is COc1ccc(C(=O)C2CCN(C(=O)C(N)Cc3ccccc3)CC2)cc1. The van der Waals surface area contributed by atoms with Gasteiger partial charge in [-0.1, -0.05) is 30.3 Å². The minimum Gasteiger partial charge on any atom is -0.497 e.